The van der Waals surface area contributed by atoms with Gasteiger partial charge in [-0.1, -0.05) is 30.3 Å². The number of ether oxygens (including phenoxy) is 1. The molecule has 0 saturated carbocycles. The Bertz CT molecular complexity index is 1260. The lowest BCUT2D eigenvalue weighted by molar-refractivity contribution is -0.120. The average Bonchev–Trinajstić information content (AvgIpc) is 3.01. The maximum absolute atomic E-state index is 13.9. The smallest absolute Gasteiger partial charge is 0.282 e. The zero-order valence-corrected chi connectivity index (χ0v) is 19.0. The van der Waals surface area contributed by atoms with Crippen molar-refractivity contribution in [2.45, 2.75) is 33.8 Å². The highest BCUT2D eigenvalue weighted by atomic mass is 19.1. The van der Waals surface area contributed by atoms with Crippen LogP contribution < -0.4 is 15.0 Å². The molecule has 0 aliphatic carbocycles. The van der Waals surface area contributed by atoms with Crippen molar-refractivity contribution in [2.75, 3.05) is 10.2 Å². The third kappa shape index (κ3) is 4.37. The molecule has 1 heterocycles. The first-order valence-corrected chi connectivity index (χ1v) is 10.7. The van der Waals surface area contributed by atoms with Crippen molar-refractivity contribution in [3.63, 3.8) is 0 Å². The number of nitrogens with zero attached hydrogens (tertiary/aromatic N) is 1. The van der Waals surface area contributed by atoms with Crippen LogP contribution in [0.15, 0.2) is 72.4 Å². The summed E-state index contributed by atoms with van der Waals surface area (Å²) in [4.78, 5) is 28.0. The minimum Gasteiger partial charge on any atom is -0.491 e. The van der Waals surface area contributed by atoms with E-state index in [1.165, 1.54) is 24.3 Å². The van der Waals surface area contributed by atoms with Gasteiger partial charge in [-0.3, -0.25) is 9.59 Å². The van der Waals surface area contributed by atoms with E-state index in [4.69, 9.17) is 4.74 Å². The predicted molar refractivity (Wildman–Crippen MR) is 128 cm³/mol. The fourth-order valence-electron chi connectivity index (χ4n) is 3.76. The normalized spacial score (nSPS) is 13.8. The van der Waals surface area contributed by atoms with Crippen molar-refractivity contribution in [2.24, 2.45) is 0 Å². The van der Waals surface area contributed by atoms with Crippen molar-refractivity contribution >= 4 is 28.8 Å². The first-order valence-electron chi connectivity index (χ1n) is 10.7. The molecule has 6 heteroatoms. The van der Waals surface area contributed by atoms with Gasteiger partial charge in [0.2, 0.25) is 0 Å². The molecule has 0 spiro atoms. The number of halogens is 1. The Balaban J connectivity index is 1.81. The number of benzene rings is 3. The van der Waals surface area contributed by atoms with E-state index in [0.717, 1.165) is 21.7 Å². The SMILES string of the molecule is Cc1cccc(NC2=C(c3ccc(OC(C)C)cc3)C(=O)N(c3cccc(F)c3)C2=O)c1C. The van der Waals surface area contributed by atoms with Crippen LogP contribution in [0.3, 0.4) is 0 Å². The van der Waals surface area contributed by atoms with Gasteiger partial charge in [-0.05, 0) is 80.8 Å². The summed E-state index contributed by atoms with van der Waals surface area (Å²) in [5.41, 5.74) is 3.86. The van der Waals surface area contributed by atoms with Gasteiger partial charge >= 0.3 is 0 Å². The number of hydrogen-bond donors (Lipinski definition) is 1. The van der Waals surface area contributed by atoms with Crippen LogP contribution in [0.25, 0.3) is 5.57 Å². The van der Waals surface area contributed by atoms with E-state index < -0.39 is 17.6 Å². The summed E-state index contributed by atoms with van der Waals surface area (Å²) < 4.78 is 19.6. The first kappa shape index (κ1) is 22.3. The van der Waals surface area contributed by atoms with E-state index in [0.29, 0.717) is 11.3 Å². The van der Waals surface area contributed by atoms with Crippen LogP contribution in [0, 0.1) is 19.7 Å². The van der Waals surface area contributed by atoms with E-state index in [-0.39, 0.29) is 23.1 Å². The molecule has 33 heavy (non-hydrogen) atoms. The molecule has 3 aromatic carbocycles. The Hall–Kier alpha value is -3.93. The van der Waals surface area contributed by atoms with Gasteiger partial charge < -0.3 is 10.1 Å². The van der Waals surface area contributed by atoms with Crippen molar-refractivity contribution in [3.8, 4) is 5.75 Å². The molecule has 5 nitrogen and oxygen atoms in total. The van der Waals surface area contributed by atoms with E-state index >= 15 is 0 Å². The predicted octanol–water partition coefficient (Wildman–Crippen LogP) is 5.63. The molecular formula is C27H25FN2O3. The summed E-state index contributed by atoms with van der Waals surface area (Å²) in [7, 11) is 0. The summed E-state index contributed by atoms with van der Waals surface area (Å²) in [6, 6.07) is 18.2. The van der Waals surface area contributed by atoms with Gasteiger partial charge in [-0.15, -0.1) is 0 Å². The second-order valence-corrected chi connectivity index (χ2v) is 8.24. The van der Waals surface area contributed by atoms with E-state index in [9.17, 15) is 14.0 Å². The highest BCUT2D eigenvalue weighted by molar-refractivity contribution is 6.46. The van der Waals surface area contributed by atoms with Gasteiger partial charge in [0, 0.05) is 5.69 Å². The lowest BCUT2D eigenvalue weighted by Crippen LogP contribution is -2.32. The number of nitrogens with one attached hydrogen (secondary N) is 1. The summed E-state index contributed by atoms with van der Waals surface area (Å²) >= 11 is 0. The van der Waals surface area contributed by atoms with E-state index in [1.807, 2.05) is 45.9 Å². The maximum Gasteiger partial charge on any atom is 0.282 e. The fourth-order valence-corrected chi connectivity index (χ4v) is 3.76. The molecule has 0 radical (unpaired) electrons. The zero-order valence-electron chi connectivity index (χ0n) is 19.0. The zero-order chi connectivity index (χ0) is 23.7. The Kier molecular flexibility index (Phi) is 6.01. The third-order valence-corrected chi connectivity index (χ3v) is 5.53. The van der Waals surface area contributed by atoms with Crippen molar-refractivity contribution in [1.29, 1.82) is 0 Å². The van der Waals surface area contributed by atoms with E-state index in [2.05, 4.69) is 5.32 Å². The van der Waals surface area contributed by atoms with Gasteiger partial charge in [0.15, 0.2) is 0 Å². The molecule has 3 aromatic rings. The molecule has 1 N–H and O–H groups in total. The highest BCUT2D eigenvalue weighted by Gasteiger charge is 2.40. The topological polar surface area (TPSA) is 58.6 Å². The Morgan fingerprint density at radius 3 is 2.27 bits per heavy atom. The van der Waals surface area contributed by atoms with Crippen LogP contribution >= 0.6 is 0 Å². The third-order valence-electron chi connectivity index (χ3n) is 5.53. The standard InChI is InChI=1S/C27H25FN2O3/c1-16(2)33-22-13-11-19(12-14-22)24-25(29-23-10-5-7-17(3)18(23)4)27(32)30(26(24)31)21-9-6-8-20(28)15-21/h5-16,29H,1-4H3. The number of aryl methyl sites for hydroxylation is 1. The second-order valence-electron chi connectivity index (χ2n) is 8.24. The van der Waals surface area contributed by atoms with Crippen molar-refractivity contribution < 1.29 is 18.7 Å². The van der Waals surface area contributed by atoms with Gasteiger partial charge in [0.1, 0.15) is 17.3 Å². The molecule has 0 bridgehead atoms. The van der Waals surface area contributed by atoms with Crippen LogP contribution in [-0.2, 0) is 9.59 Å². The summed E-state index contributed by atoms with van der Waals surface area (Å²) in [5, 5.41) is 3.18. The number of imide groups is 1. The number of carbonyl (C=O) groups is 2. The van der Waals surface area contributed by atoms with Crippen LogP contribution in [0.4, 0.5) is 15.8 Å². The quantitative estimate of drug-likeness (QED) is 0.501. The molecule has 2 amide bonds. The molecule has 1 aliphatic rings. The van der Waals surface area contributed by atoms with Crippen LogP contribution in [0.2, 0.25) is 0 Å². The molecule has 0 unspecified atom stereocenters. The molecular weight excluding hydrogens is 419 g/mol. The minimum atomic E-state index is -0.538. The number of carbonyl (C=O) groups excluding carboxylic acids is 2. The Morgan fingerprint density at radius 2 is 1.61 bits per heavy atom. The molecule has 0 aromatic heterocycles. The van der Waals surface area contributed by atoms with E-state index in [1.54, 1.807) is 24.3 Å². The maximum atomic E-state index is 13.9. The highest BCUT2D eigenvalue weighted by Crippen LogP contribution is 2.35. The number of hydrogen-bond acceptors (Lipinski definition) is 4. The van der Waals surface area contributed by atoms with Crippen LogP contribution in [0.5, 0.6) is 5.75 Å². The number of amides is 2. The number of rotatable bonds is 6. The van der Waals surface area contributed by atoms with Gasteiger partial charge in [0.25, 0.3) is 11.8 Å². The summed E-state index contributed by atoms with van der Waals surface area (Å²) in [6.45, 7) is 7.78. The molecule has 0 fully saturated rings. The molecule has 1 aliphatic heterocycles. The Morgan fingerprint density at radius 1 is 0.909 bits per heavy atom. The first-order chi connectivity index (χ1) is 15.8. The van der Waals surface area contributed by atoms with Gasteiger partial charge in [0.05, 0.1) is 17.4 Å². The largest absolute Gasteiger partial charge is 0.491 e. The van der Waals surface area contributed by atoms with Gasteiger partial charge in [-0.25, -0.2) is 9.29 Å². The van der Waals surface area contributed by atoms with Crippen LogP contribution in [-0.4, -0.2) is 17.9 Å². The van der Waals surface area contributed by atoms with Crippen molar-refractivity contribution in [3.05, 3.63) is 94.9 Å². The van der Waals surface area contributed by atoms with Gasteiger partial charge in [-0.2, -0.15) is 0 Å². The molecule has 168 valence electrons. The summed E-state index contributed by atoms with van der Waals surface area (Å²) in [6.07, 6.45) is 0.00903. The monoisotopic (exact) mass is 444 g/mol. The Labute approximate surface area is 192 Å². The molecule has 0 atom stereocenters. The molecule has 4 rings (SSSR count). The summed E-state index contributed by atoms with van der Waals surface area (Å²) in [5.74, 6) is -0.919. The minimum absolute atomic E-state index is 0.00903. The average molecular weight is 445 g/mol. The van der Waals surface area contributed by atoms with Crippen molar-refractivity contribution in [1.82, 2.24) is 0 Å². The molecule has 0 saturated heterocycles. The second kappa shape index (κ2) is 8.90. The lowest BCUT2D eigenvalue weighted by atomic mass is 10.0. The fraction of sp³-hybridized carbons (Fsp3) is 0.185. The lowest BCUT2D eigenvalue weighted by Gasteiger charge is -2.16. The number of anilines is 2. The van der Waals surface area contributed by atoms with Crippen LogP contribution in [0.1, 0.15) is 30.5 Å².